The van der Waals surface area contributed by atoms with Crippen LogP contribution in [0, 0.1) is 0 Å². The van der Waals surface area contributed by atoms with E-state index in [0.717, 1.165) is 0 Å². The minimum absolute atomic E-state index is 0.100. The third kappa shape index (κ3) is 5.34. The molecule has 1 N–H and O–H groups in total. The van der Waals surface area contributed by atoms with Gasteiger partial charge in [-0.1, -0.05) is 29.8 Å². The van der Waals surface area contributed by atoms with Crippen LogP contribution in [0.15, 0.2) is 54.2 Å². The van der Waals surface area contributed by atoms with Gasteiger partial charge in [-0.3, -0.25) is 10.3 Å². The number of hydroxylamine groups is 1. The zero-order valence-corrected chi connectivity index (χ0v) is 14.4. The molecule has 0 bridgehead atoms. The molecule has 2 rings (SSSR count). The van der Waals surface area contributed by atoms with Crippen LogP contribution in [0.4, 0.5) is 0 Å². The molecule has 7 heteroatoms. The quantitative estimate of drug-likeness (QED) is 0.368. The van der Waals surface area contributed by atoms with Crippen molar-refractivity contribution in [2.75, 3.05) is 14.2 Å². The predicted molar refractivity (Wildman–Crippen MR) is 93.0 cm³/mol. The molecular weight excluding hydrogens is 346 g/mol. The lowest BCUT2D eigenvalue weighted by atomic mass is 10.2. The monoisotopic (exact) mass is 361 g/mol. The average Bonchev–Trinajstić information content (AvgIpc) is 2.61. The Labute approximate surface area is 149 Å². The van der Waals surface area contributed by atoms with E-state index in [1.165, 1.54) is 26.4 Å². The van der Waals surface area contributed by atoms with Crippen LogP contribution in [0.2, 0.25) is 5.02 Å². The zero-order valence-electron chi connectivity index (χ0n) is 13.6. The molecule has 2 aromatic carbocycles. The molecule has 0 atom stereocenters. The predicted octanol–water partition coefficient (Wildman–Crippen LogP) is 3.22. The second-order valence-electron chi connectivity index (χ2n) is 4.83. The van der Waals surface area contributed by atoms with Crippen LogP contribution in [0.3, 0.4) is 0 Å². The molecule has 130 valence electrons. The van der Waals surface area contributed by atoms with E-state index in [-0.39, 0.29) is 5.70 Å². The third-order valence-corrected chi connectivity index (χ3v) is 3.29. The SMILES string of the molecule is CONC(=Cc1cccc(OC(=O)c2cccc(Cl)c2)c1)C(=O)OC. The van der Waals surface area contributed by atoms with Crippen molar-refractivity contribution in [3.8, 4) is 5.75 Å². The van der Waals surface area contributed by atoms with Crippen molar-refractivity contribution in [1.82, 2.24) is 5.48 Å². The Kier molecular flexibility index (Phi) is 6.56. The number of ether oxygens (including phenoxy) is 2. The first-order valence-electron chi connectivity index (χ1n) is 7.20. The van der Waals surface area contributed by atoms with E-state index in [4.69, 9.17) is 21.2 Å². The van der Waals surface area contributed by atoms with E-state index in [0.29, 0.717) is 21.9 Å². The summed E-state index contributed by atoms with van der Waals surface area (Å²) >= 11 is 5.87. The van der Waals surface area contributed by atoms with E-state index in [2.05, 4.69) is 10.2 Å². The highest BCUT2D eigenvalue weighted by Gasteiger charge is 2.11. The fraction of sp³-hybridized carbons (Fsp3) is 0.111. The number of methoxy groups -OCH3 is 1. The highest BCUT2D eigenvalue weighted by Crippen LogP contribution is 2.18. The van der Waals surface area contributed by atoms with Gasteiger partial charge in [0.05, 0.1) is 19.8 Å². The zero-order chi connectivity index (χ0) is 18.2. The minimum Gasteiger partial charge on any atom is -0.464 e. The van der Waals surface area contributed by atoms with Gasteiger partial charge in [0.1, 0.15) is 11.4 Å². The average molecular weight is 362 g/mol. The van der Waals surface area contributed by atoms with Crippen molar-refractivity contribution >= 4 is 29.6 Å². The molecule has 6 nitrogen and oxygen atoms in total. The maximum absolute atomic E-state index is 12.2. The molecule has 0 saturated heterocycles. The Morgan fingerprint density at radius 3 is 2.52 bits per heavy atom. The summed E-state index contributed by atoms with van der Waals surface area (Å²) in [6.45, 7) is 0. The summed E-state index contributed by atoms with van der Waals surface area (Å²) in [5, 5.41) is 0.444. The van der Waals surface area contributed by atoms with E-state index in [1.807, 2.05) is 0 Å². The van der Waals surface area contributed by atoms with Crippen LogP contribution in [0.1, 0.15) is 15.9 Å². The van der Waals surface area contributed by atoms with E-state index in [9.17, 15) is 9.59 Å². The molecule has 0 aliphatic heterocycles. The number of halogens is 1. The third-order valence-electron chi connectivity index (χ3n) is 3.06. The van der Waals surface area contributed by atoms with Crippen molar-refractivity contribution in [3.05, 3.63) is 70.4 Å². The topological polar surface area (TPSA) is 73.9 Å². The fourth-order valence-electron chi connectivity index (χ4n) is 1.97. The molecule has 0 unspecified atom stereocenters. The highest BCUT2D eigenvalue weighted by atomic mass is 35.5. The first-order chi connectivity index (χ1) is 12.0. The molecule has 0 fully saturated rings. The van der Waals surface area contributed by atoms with Crippen molar-refractivity contribution < 1.29 is 23.9 Å². The van der Waals surface area contributed by atoms with Crippen molar-refractivity contribution in [2.45, 2.75) is 0 Å². The van der Waals surface area contributed by atoms with E-state index in [1.54, 1.807) is 42.5 Å². The Morgan fingerprint density at radius 1 is 1.08 bits per heavy atom. The Hall–Kier alpha value is -2.83. The van der Waals surface area contributed by atoms with E-state index < -0.39 is 11.9 Å². The molecule has 0 aliphatic rings. The summed E-state index contributed by atoms with van der Waals surface area (Å²) in [7, 11) is 2.64. The van der Waals surface area contributed by atoms with Crippen LogP contribution in [-0.4, -0.2) is 26.2 Å². The van der Waals surface area contributed by atoms with Gasteiger partial charge in [-0.15, -0.1) is 0 Å². The Bertz CT molecular complexity index is 804. The molecular formula is C18H16ClNO5. The van der Waals surface area contributed by atoms with Crippen molar-refractivity contribution in [3.63, 3.8) is 0 Å². The van der Waals surface area contributed by atoms with Crippen LogP contribution in [-0.2, 0) is 14.4 Å². The molecule has 0 saturated carbocycles. The van der Waals surface area contributed by atoms with Gasteiger partial charge in [-0.25, -0.2) is 9.59 Å². The minimum atomic E-state index is -0.594. The lowest BCUT2D eigenvalue weighted by Gasteiger charge is -2.08. The second kappa shape index (κ2) is 8.86. The number of rotatable bonds is 6. The van der Waals surface area contributed by atoms with Gasteiger partial charge in [0.2, 0.25) is 0 Å². The van der Waals surface area contributed by atoms with Gasteiger partial charge in [0.25, 0.3) is 0 Å². The van der Waals surface area contributed by atoms with Crippen LogP contribution < -0.4 is 10.2 Å². The number of carbonyl (C=O) groups excluding carboxylic acids is 2. The summed E-state index contributed by atoms with van der Waals surface area (Å²) in [4.78, 5) is 28.6. The summed E-state index contributed by atoms with van der Waals surface area (Å²) in [5.74, 6) is -0.810. The normalized spacial score (nSPS) is 10.9. The van der Waals surface area contributed by atoms with Gasteiger partial charge in [0.15, 0.2) is 0 Å². The lowest BCUT2D eigenvalue weighted by Crippen LogP contribution is -2.20. The van der Waals surface area contributed by atoms with Crippen LogP contribution in [0.25, 0.3) is 6.08 Å². The molecule has 0 spiro atoms. The number of hydrogen-bond donors (Lipinski definition) is 1. The number of esters is 2. The summed E-state index contributed by atoms with van der Waals surface area (Å²) in [6.07, 6.45) is 1.51. The first kappa shape index (κ1) is 18.5. The van der Waals surface area contributed by atoms with Crippen LogP contribution >= 0.6 is 11.6 Å². The summed E-state index contributed by atoms with van der Waals surface area (Å²) in [6, 6.07) is 13.1. The molecule has 0 aliphatic carbocycles. The molecule has 0 amide bonds. The van der Waals surface area contributed by atoms with Crippen molar-refractivity contribution in [2.24, 2.45) is 0 Å². The largest absolute Gasteiger partial charge is 0.464 e. The Balaban J connectivity index is 2.20. The fourth-order valence-corrected chi connectivity index (χ4v) is 2.16. The van der Waals surface area contributed by atoms with Gasteiger partial charge in [-0.05, 0) is 42.0 Å². The van der Waals surface area contributed by atoms with Gasteiger partial charge in [-0.2, -0.15) is 0 Å². The molecule has 0 aromatic heterocycles. The summed E-state index contributed by atoms with van der Waals surface area (Å²) in [5.41, 5.74) is 3.49. The number of nitrogens with one attached hydrogen (secondary N) is 1. The molecule has 0 heterocycles. The highest BCUT2D eigenvalue weighted by molar-refractivity contribution is 6.30. The smallest absolute Gasteiger partial charge is 0.356 e. The maximum Gasteiger partial charge on any atom is 0.356 e. The van der Waals surface area contributed by atoms with Gasteiger partial charge >= 0.3 is 11.9 Å². The van der Waals surface area contributed by atoms with Crippen molar-refractivity contribution in [1.29, 1.82) is 0 Å². The number of carbonyl (C=O) groups is 2. The maximum atomic E-state index is 12.2. The lowest BCUT2D eigenvalue weighted by molar-refractivity contribution is -0.137. The standard InChI is InChI=1S/C18H16ClNO5/c1-23-18(22)16(20-24-2)10-12-5-3-8-15(9-12)25-17(21)13-6-4-7-14(19)11-13/h3-11,20H,1-2H3. The Morgan fingerprint density at radius 2 is 1.84 bits per heavy atom. The first-order valence-corrected chi connectivity index (χ1v) is 7.58. The summed E-state index contributed by atoms with van der Waals surface area (Å²) < 4.78 is 9.98. The second-order valence-corrected chi connectivity index (χ2v) is 5.26. The van der Waals surface area contributed by atoms with Gasteiger partial charge < -0.3 is 9.47 Å². The number of benzene rings is 2. The molecule has 2 aromatic rings. The van der Waals surface area contributed by atoms with E-state index >= 15 is 0 Å². The van der Waals surface area contributed by atoms with Gasteiger partial charge in [0, 0.05) is 5.02 Å². The molecule has 25 heavy (non-hydrogen) atoms. The number of hydrogen-bond acceptors (Lipinski definition) is 6. The van der Waals surface area contributed by atoms with Crippen LogP contribution in [0.5, 0.6) is 5.75 Å². The molecule has 0 radical (unpaired) electrons.